The second-order valence-electron chi connectivity index (χ2n) is 5.88. The van der Waals surface area contributed by atoms with Gasteiger partial charge in [0.05, 0.1) is 16.5 Å². The van der Waals surface area contributed by atoms with E-state index in [0.29, 0.717) is 37.3 Å². The summed E-state index contributed by atoms with van der Waals surface area (Å²) in [5.41, 5.74) is 0.185. The molecule has 0 unspecified atom stereocenters. The maximum Gasteiger partial charge on any atom is 0.311 e. The molecule has 1 aromatic carbocycles. The second kappa shape index (κ2) is 4.66. The monoisotopic (exact) mass is 288 g/mol. The van der Waals surface area contributed by atoms with Crippen molar-refractivity contribution < 1.29 is 19.5 Å². The summed E-state index contributed by atoms with van der Waals surface area (Å²) in [6.45, 7) is 3.40. The second-order valence-corrected chi connectivity index (χ2v) is 5.88. The van der Waals surface area contributed by atoms with Crippen molar-refractivity contribution in [2.75, 3.05) is 26.2 Å². The van der Waals surface area contributed by atoms with Gasteiger partial charge in [0.2, 0.25) is 0 Å². The van der Waals surface area contributed by atoms with E-state index in [1.807, 2.05) is 4.90 Å². The number of amides is 2. The van der Waals surface area contributed by atoms with Crippen LogP contribution in [0, 0.1) is 5.41 Å². The van der Waals surface area contributed by atoms with E-state index in [1.54, 1.807) is 31.2 Å². The molecule has 0 bridgehead atoms. The Morgan fingerprint density at radius 1 is 1.14 bits per heavy atom. The van der Waals surface area contributed by atoms with Gasteiger partial charge in [-0.1, -0.05) is 12.1 Å². The molecule has 2 amide bonds. The van der Waals surface area contributed by atoms with Crippen molar-refractivity contribution in [3.63, 3.8) is 0 Å². The first-order valence-corrected chi connectivity index (χ1v) is 6.83. The van der Waals surface area contributed by atoms with E-state index in [9.17, 15) is 14.4 Å². The third-order valence-electron chi connectivity index (χ3n) is 4.18. The summed E-state index contributed by atoms with van der Waals surface area (Å²) in [5, 5.41) is 9.05. The SMILES string of the molecule is CC1(C(=O)O)CN(CCN2C(=O)c3ccccc3C2=O)C1. The lowest BCUT2D eigenvalue weighted by molar-refractivity contribution is -0.158. The van der Waals surface area contributed by atoms with E-state index < -0.39 is 11.4 Å². The zero-order valence-corrected chi connectivity index (χ0v) is 11.7. The van der Waals surface area contributed by atoms with Crippen molar-refractivity contribution in [1.82, 2.24) is 9.80 Å². The number of carboxylic acids is 1. The van der Waals surface area contributed by atoms with Crippen LogP contribution in [-0.4, -0.2) is 58.9 Å². The molecule has 1 aromatic rings. The maximum atomic E-state index is 12.2. The Hall–Kier alpha value is -2.21. The van der Waals surface area contributed by atoms with Crippen molar-refractivity contribution in [1.29, 1.82) is 0 Å². The highest BCUT2D eigenvalue weighted by atomic mass is 16.4. The lowest BCUT2D eigenvalue weighted by atomic mass is 9.82. The number of fused-ring (bicyclic) bond motifs is 1. The van der Waals surface area contributed by atoms with Crippen LogP contribution in [0.4, 0.5) is 0 Å². The van der Waals surface area contributed by atoms with E-state index in [0.717, 1.165) is 0 Å². The fraction of sp³-hybridized carbons (Fsp3) is 0.400. The number of hydrogen-bond acceptors (Lipinski definition) is 4. The van der Waals surface area contributed by atoms with Crippen LogP contribution >= 0.6 is 0 Å². The first-order valence-electron chi connectivity index (χ1n) is 6.83. The van der Waals surface area contributed by atoms with E-state index in [4.69, 9.17) is 5.11 Å². The van der Waals surface area contributed by atoms with Crippen LogP contribution < -0.4 is 0 Å². The van der Waals surface area contributed by atoms with Gasteiger partial charge in [-0.2, -0.15) is 0 Å². The molecule has 2 aliphatic rings. The molecule has 6 heteroatoms. The predicted octanol–water partition coefficient (Wildman–Crippen LogP) is 0.689. The third-order valence-corrected chi connectivity index (χ3v) is 4.18. The highest BCUT2D eigenvalue weighted by molar-refractivity contribution is 6.21. The van der Waals surface area contributed by atoms with Gasteiger partial charge >= 0.3 is 5.97 Å². The molecule has 6 nitrogen and oxygen atoms in total. The molecule has 0 aromatic heterocycles. The number of carbonyl (C=O) groups is 3. The lowest BCUT2D eigenvalue weighted by Gasteiger charge is -2.45. The molecule has 2 heterocycles. The molecule has 0 saturated carbocycles. The van der Waals surface area contributed by atoms with Gasteiger partial charge in [-0.05, 0) is 19.1 Å². The average molecular weight is 288 g/mol. The van der Waals surface area contributed by atoms with Gasteiger partial charge in [0, 0.05) is 26.2 Å². The molecular weight excluding hydrogens is 272 g/mol. The molecule has 0 radical (unpaired) electrons. The average Bonchev–Trinajstić information content (AvgIpc) is 2.67. The molecule has 21 heavy (non-hydrogen) atoms. The van der Waals surface area contributed by atoms with Crippen molar-refractivity contribution in [3.05, 3.63) is 35.4 Å². The third kappa shape index (κ3) is 2.12. The Kier molecular flexibility index (Phi) is 3.06. The highest BCUT2D eigenvalue weighted by Gasteiger charge is 2.45. The Bertz CT molecular complexity index is 599. The minimum Gasteiger partial charge on any atom is -0.481 e. The largest absolute Gasteiger partial charge is 0.481 e. The van der Waals surface area contributed by atoms with E-state index >= 15 is 0 Å². The summed E-state index contributed by atoms with van der Waals surface area (Å²) in [6, 6.07) is 6.78. The number of imide groups is 1. The molecule has 0 spiro atoms. The Labute approximate surface area is 122 Å². The maximum absolute atomic E-state index is 12.2. The van der Waals surface area contributed by atoms with Gasteiger partial charge in [0.25, 0.3) is 11.8 Å². The summed E-state index contributed by atoms with van der Waals surface area (Å²) >= 11 is 0. The fourth-order valence-electron chi connectivity index (χ4n) is 2.92. The summed E-state index contributed by atoms with van der Waals surface area (Å²) in [4.78, 5) is 38.5. The number of aliphatic carboxylic acids is 1. The number of carbonyl (C=O) groups excluding carboxylic acids is 2. The van der Waals surface area contributed by atoms with Gasteiger partial charge in [-0.3, -0.25) is 24.2 Å². The minimum absolute atomic E-state index is 0.267. The molecule has 2 aliphatic heterocycles. The summed E-state index contributed by atoms with van der Waals surface area (Å²) in [7, 11) is 0. The van der Waals surface area contributed by atoms with E-state index in [2.05, 4.69) is 0 Å². The topological polar surface area (TPSA) is 77.9 Å². The van der Waals surface area contributed by atoms with Crippen molar-refractivity contribution in [2.24, 2.45) is 5.41 Å². The highest BCUT2D eigenvalue weighted by Crippen LogP contribution is 2.30. The molecule has 110 valence electrons. The molecule has 1 saturated heterocycles. The lowest BCUT2D eigenvalue weighted by Crippen LogP contribution is -2.60. The number of hydrogen-bond donors (Lipinski definition) is 1. The molecule has 1 fully saturated rings. The number of carboxylic acid groups (broad SMARTS) is 1. The normalized spacial score (nSPS) is 20.3. The Balaban J connectivity index is 1.60. The number of nitrogens with zero attached hydrogens (tertiary/aromatic N) is 2. The van der Waals surface area contributed by atoms with Crippen LogP contribution in [0.25, 0.3) is 0 Å². The summed E-state index contributed by atoms with van der Waals surface area (Å²) < 4.78 is 0. The van der Waals surface area contributed by atoms with E-state index in [-0.39, 0.29) is 11.8 Å². The zero-order valence-electron chi connectivity index (χ0n) is 11.7. The molecule has 1 N–H and O–H groups in total. The van der Waals surface area contributed by atoms with Gasteiger partial charge in [0.15, 0.2) is 0 Å². The smallest absolute Gasteiger partial charge is 0.311 e. The first-order chi connectivity index (χ1) is 9.92. The quantitative estimate of drug-likeness (QED) is 0.825. The van der Waals surface area contributed by atoms with Gasteiger partial charge in [-0.25, -0.2) is 0 Å². The van der Waals surface area contributed by atoms with Gasteiger partial charge in [0.1, 0.15) is 0 Å². The number of benzene rings is 1. The molecule has 3 rings (SSSR count). The summed E-state index contributed by atoms with van der Waals surface area (Å²) in [6.07, 6.45) is 0. The van der Waals surface area contributed by atoms with Gasteiger partial charge in [-0.15, -0.1) is 0 Å². The van der Waals surface area contributed by atoms with E-state index in [1.165, 1.54) is 4.90 Å². The number of likely N-dealkylation sites (tertiary alicyclic amines) is 1. The minimum atomic E-state index is -0.806. The Morgan fingerprint density at radius 2 is 1.67 bits per heavy atom. The van der Waals surface area contributed by atoms with Crippen LogP contribution in [0.2, 0.25) is 0 Å². The van der Waals surface area contributed by atoms with Crippen LogP contribution in [0.5, 0.6) is 0 Å². The van der Waals surface area contributed by atoms with Crippen LogP contribution in [-0.2, 0) is 4.79 Å². The first kappa shape index (κ1) is 13.8. The van der Waals surface area contributed by atoms with Crippen molar-refractivity contribution in [2.45, 2.75) is 6.92 Å². The van der Waals surface area contributed by atoms with Crippen LogP contribution in [0.1, 0.15) is 27.6 Å². The summed E-state index contributed by atoms with van der Waals surface area (Å²) in [5.74, 6) is -1.34. The fourth-order valence-corrected chi connectivity index (χ4v) is 2.92. The standard InChI is InChI=1S/C15H16N2O4/c1-15(14(20)21)8-16(9-15)6-7-17-12(18)10-4-2-3-5-11(10)13(17)19/h2-5H,6-9H2,1H3,(H,20,21). The molecule has 0 aliphatic carbocycles. The number of rotatable bonds is 4. The van der Waals surface area contributed by atoms with Crippen LogP contribution in [0.15, 0.2) is 24.3 Å². The van der Waals surface area contributed by atoms with Crippen molar-refractivity contribution in [3.8, 4) is 0 Å². The zero-order chi connectivity index (χ0) is 15.2. The van der Waals surface area contributed by atoms with Crippen molar-refractivity contribution >= 4 is 17.8 Å². The predicted molar refractivity (Wildman–Crippen MR) is 74.0 cm³/mol. The Morgan fingerprint density at radius 3 is 2.14 bits per heavy atom. The van der Waals surface area contributed by atoms with Gasteiger partial charge < -0.3 is 5.11 Å². The molecular formula is C15H16N2O4. The molecule has 0 atom stereocenters. The van der Waals surface area contributed by atoms with Crippen LogP contribution in [0.3, 0.4) is 0 Å².